The van der Waals surface area contributed by atoms with E-state index in [4.69, 9.17) is 10.9 Å². The summed E-state index contributed by atoms with van der Waals surface area (Å²) < 4.78 is 13.2. The maximum atomic E-state index is 13.2. The zero-order valence-electron chi connectivity index (χ0n) is 11.8. The van der Waals surface area contributed by atoms with Crippen molar-refractivity contribution in [1.82, 2.24) is 4.90 Å². The molecule has 20 heavy (non-hydrogen) atoms. The van der Waals surface area contributed by atoms with Gasteiger partial charge in [-0.25, -0.2) is 4.39 Å². The van der Waals surface area contributed by atoms with Gasteiger partial charge in [-0.15, -0.1) is 0 Å². The van der Waals surface area contributed by atoms with Gasteiger partial charge < -0.3 is 10.9 Å². The van der Waals surface area contributed by atoms with E-state index < -0.39 is 0 Å². The number of aryl methyl sites for hydroxylation is 1. The van der Waals surface area contributed by atoms with Crippen molar-refractivity contribution >= 4 is 5.84 Å². The Bertz CT molecular complexity index is 484. The lowest BCUT2D eigenvalue weighted by atomic mass is 10.1. The summed E-state index contributed by atoms with van der Waals surface area (Å²) in [5.74, 6) is 0.00626. The molecule has 0 spiro atoms. The van der Waals surface area contributed by atoms with Crippen LogP contribution in [0.1, 0.15) is 36.8 Å². The van der Waals surface area contributed by atoms with E-state index in [2.05, 4.69) is 10.1 Å². The smallest absolute Gasteiger partial charge is 0.153 e. The standard InChI is InChI=1S/C15H22FN3O/c1-11-8-13(16)7-6-12(11)9-19(10-15(17)18-20)14-4-2-3-5-14/h6-8,14,20H,2-5,9-10H2,1H3,(H2,17,18). The van der Waals surface area contributed by atoms with Crippen LogP contribution in [0.4, 0.5) is 4.39 Å². The first-order chi connectivity index (χ1) is 9.60. The number of oxime groups is 1. The van der Waals surface area contributed by atoms with E-state index in [1.54, 1.807) is 6.07 Å². The van der Waals surface area contributed by atoms with Gasteiger partial charge in [-0.2, -0.15) is 0 Å². The van der Waals surface area contributed by atoms with Crippen LogP contribution in [-0.4, -0.2) is 28.5 Å². The molecule has 0 unspecified atom stereocenters. The van der Waals surface area contributed by atoms with Gasteiger partial charge in [0.1, 0.15) is 5.82 Å². The van der Waals surface area contributed by atoms with Gasteiger partial charge in [-0.05, 0) is 43.0 Å². The molecule has 4 nitrogen and oxygen atoms in total. The van der Waals surface area contributed by atoms with Gasteiger partial charge in [0.2, 0.25) is 0 Å². The molecule has 0 bridgehead atoms. The number of benzene rings is 1. The van der Waals surface area contributed by atoms with Crippen molar-refractivity contribution in [3.63, 3.8) is 0 Å². The zero-order valence-corrected chi connectivity index (χ0v) is 11.8. The summed E-state index contributed by atoms with van der Waals surface area (Å²) in [5, 5.41) is 11.8. The van der Waals surface area contributed by atoms with Gasteiger partial charge in [0, 0.05) is 12.6 Å². The van der Waals surface area contributed by atoms with Crippen molar-refractivity contribution < 1.29 is 9.60 Å². The molecule has 0 radical (unpaired) electrons. The summed E-state index contributed by atoms with van der Waals surface area (Å²) in [4.78, 5) is 2.22. The van der Waals surface area contributed by atoms with E-state index in [9.17, 15) is 4.39 Å². The Morgan fingerprint density at radius 2 is 2.15 bits per heavy atom. The molecule has 110 valence electrons. The summed E-state index contributed by atoms with van der Waals surface area (Å²) in [6.45, 7) is 3.06. The van der Waals surface area contributed by atoms with Crippen LogP contribution in [0.25, 0.3) is 0 Å². The maximum absolute atomic E-state index is 13.2. The Hall–Kier alpha value is -1.62. The Kier molecular flexibility index (Phi) is 4.95. The molecule has 2 rings (SSSR count). The molecular weight excluding hydrogens is 257 g/mol. The van der Waals surface area contributed by atoms with Crippen LogP contribution >= 0.6 is 0 Å². The van der Waals surface area contributed by atoms with Crippen LogP contribution in [0.3, 0.4) is 0 Å². The van der Waals surface area contributed by atoms with Gasteiger partial charge in [-0.1, -0.05) is 24.1 Å². The van der Waals surface area contributed by atoms with Gasteiger partial charge in [0.25, 0.3) is 0 Å². The van der Waals surface area contributed by atoms with Crippen LogP contribution in [0.2, 0.25) is 0 Å². The normalized spacial score (nSPS) is 17.1. The molecule has 0 saturated heterocycles. The molecule has 1 aromatic rings. The summed E-state index contributed by atoms with van der Waals surface area (Å²) in [7, 11) is 0. The fourth-order valence-corrected chi connectivity index (χ4v) is 2.88. The number of rotatable bonds is 5. The topological polar surface area (TPSA) is 61.8 Å². The molecule has 0 heterocycles. The molecule has 5 heteroatoms. The molecule has 0 aromatic heterocycles. The van der Waals surface area contributed by atoms with E-state index >= 15 is 0 Å². The highest BCUT2D eigenvalue weighted by Gasteiger charge is 2.23. The molecule has 1 aromatic carbocycles. The average molecular weight is 279 g/mol. The van der Waals surface area contributed by atoms with Crippen LogP contribution in [0, 0.1) is 12.7 Å². The number of amidine groups is 1. The Labute approximate surface area is 119 Å². The van der Waals surface area contributed by atoms with E-state index in [0.717, 1.165) is 24.0 Å². The lowest BCUT2D eigenvalue weighted by Crippen LogP contribution is -2.39. The van der Waals surface area contributed by atoms with Crippen molar-refractivity contribution in [1.29, 1.82) is 0 Å². The fraction of sp³-hybridized carbons (Fsp3) is 0.533. The predicted octanol–water partition coefficient (Wildman–Crippen LogP) is 2.63. The first-order valence-corrected chi connectivity index (χ1v) is 7.05. The van der Waals surface area contributed by atoms with Crippen LogP contribution in [0.15, 0.2) is 23.4 Å². The van der Waals surface area contributed by atoms with Crippen molar-refractivity contribution in [3.05, 3.63) is 35.1 Å². The minimum atomic E-state index is -0.213. The lowest BCUT2D eigenvalue weighted by Gasteiger charge is -2.28. The third-order valence-electron chi connectivity index (χ3n) is 4.01. The first-order valence-electron chi connectivity index (χ1n) is 7.05. The average Bonchev–Trinajstić information content (AvgIpc) is 2.94. The monoisotopic (exact) mass is 279 g/mol. The number of hydrogen-bond acceptors (Lipinski definition) is 3. The van der Waals surface area contributed by atoms with Crippen LogP contribution in [-0.2, 0) is 6.54 Å². The summed E-state index contributed by atoms with van der Waals surface area (Å²) in [6.07, 6.45) is 4.72. The van der Waals surface area contributed by atoms with Gasteiger partial charge >= 0.3 is 0 Å². The van der Waals surface area contributed by atoms with Crippen molar-refractivity contribution in [2.75, 3.05) is 6.54 Å². The van der Waals surface area contributed by atoms with Crippen LogP contribution < -0.4 is 5.73 Å². The number of nitrogens with zero attached hydrogens (tertiary/aromatic N) is 2. The number of hydrogen-bond donors (Lipinski definition) is 2. The molecule has 3 N–H and O–H groups in total. The fourth-order valence-electron chi connectivity index (χ4n) is 2.88. The van der Waals surface area contributed by atoms with E-state index in [1.165, 1.54) is 18.9 Å². The van der Waals surface area contributed by atoms with Crippen molar-refractivity contribution in [2.24, 2.45) is 10.9 Å². The highest BCUT2D eigenvalue weighted by Crippen LogP contribution is 2.25. The zero-order chi connectivity index (χ0) is 14.5. The Morgan fingerprint density at radius 1 is 1.45 bits per heavy atom. The molecule has 0 aliphatic heterocycles. The third-order valence-corrected chi connectivity index (χ3v) is 4.01. The van der Waals surface area contributed by atoms with Crippen molar-refractivity contribution in [2.45, 2.75) is 45.2 Å². The molecule has 1 fully saturated rings. The third kappa shape index (κ3) is 3.70. The number of halogens is 1. The minimum absolute atomic E-state index is 0.213. The summed E-state index contributed by atoms with van der Waals surface area (Å²) in [5.41, 5.74) is 7.68. The predicted molar refractivity (Wildman–Crippen MR) is 77.2 cm³/mol. The van der Waals surface area contributed by atoms with E-state index in [-0.39, 0.29) is 11.7 Å². The SMILES string of the molecule is Cc1cc(F)ccc1CN(C/C(N)=N/O)C1CCCC1. The van der Waals surface area contributed by atoms with Gasteiger partial charge in [0.05, 0.1) is 6.54 Å². The molecular formula is C15H22FN3O. The Morgan fingerprint density at radius 3 is 2.75 bits per heavy atom. The molecule has 0 atom stereocenters. The second-order valence-electron chi connectivity index (χ2n) is 5.51. The van der Waals surface area contributed by atoms with Gasteiger partial charge in [0.15, 0.2) is 5.84 Å². The highest BCUT2D eigenvalue weighted by molar-refractivity contribution is 5.81. The van der Waals surface area contributed by atoms with Gasteiger partial charge in [-0.3, -0.25) is 4.90 Å². The van der Waals surface area contributed by atoms with Crippen LogP contribution in [0.5, 0.6) is 0 Å². The second-order valence-corrected chi connectivity index (χ2v) is 5.51. The number of nitrogens with two attached hydrogens (primary N) is 1. The van der Waals surface area contributed by atoms with E-state index in [0.29, 0.717) is 19.1 Å². The quantitative estimate of drug-likeness (QED) is 0.377. The maximum Gasteiger partial charge on any atom is 0.153 e. The summed E-state index contributed by atoms with van der Waals surface area (Å²) >= 11 is 0. The highest BCUT2D eigenvalue weighted by atomic mass is 19.1. The summed E-state index contributed by atoms with van der Waals surface area (Å²) in [6, 6.07) is 5.31. The molecule has 1 saturated carbocycles. The molecule has 1 aliphatic carbocycles. The second kappa shape index (κ2) is 6.70. The molecule has 1 aliphatic rings. The Balaban J connectivity index is 2.13. The largest absolute Gasteiger partial charge is 0.409 e. The molecule has 0 amide bonds. The van der Waals surface area contributed by atoms with E-state index in [1.807, 2.05) is 13.0 Å². The minimum Gasteiger partial charge on any atom is -0.409 e. The van der Waals surface area contributed by atoms with Crippen molar-refractivity contribution in [3.8, 4) is 0 Å². The first kappa shape index (κ1) is 14.8. The lowest BCUT2D eigenvalue weighted by molar-refractivity contribution is 0.213.